The smallest absolute Gasteiger partial charge is 0.303 e. The van der Waals surface area contributed by atoms with Crippen molar-refractivity contribution in [1.82, 2.24) is 0 Å². The Morgan fingerprint density at radius 2 is 1.86 bits per heavy atom. The van der Waals surface area contributed by atoms with Gasteiger partial charge in [0, 0.05) is 6.42 Å². The largest absolute Gasteiger partial charge is 0.481 e. The summed E-state index contributed by atoms with van der Waals surface area (Å²) >= 11 is 0. The zero-order valence-electron chi connectivity index (χ0n) is 17.2. The standard InChI is InChI=1S/C25H34O4/c26-23(20-13-17-6-2-3-7-18(17)14-20)10-9-21-22-12-16(5-1-4-8-25(28)29)11-19(22)15-24(21)27/h2-3,5-7,19-24,26-27H,1,4,8-15H2,(H,28,29)/b16-5+/t19?,21-,22?,23-,24-/m1/s1. The fourth-order valence-electron chi connectivity index (χ4n) is 6.17. The number of carboxylic acid groups (broad SMARTS) is 1. The van der Waals surface area contributed by atoms with Gasteiger partial charge in [0.25, 0.3) is 0 Å². The first-order valence-electron chi connectivity index (χ1n) is 11.3. The third-order valence-electron chi connectivity index (χ3n) is 7.67. The molecule has 1 aromatic carbocycles. The molecule has 29 heavy (non-hydrogen) atoms. The first kappa shape index (κ1) is 20.6. The number of rotatable bonds is 8. The number of carboxylic acids is 1. The van der Waals surface area contributed by atoms with Crippen molar-refractivity contribution < 1.29 is 20.1 Å². The molecule has 0 saturated heterocycles. The molecule has 0 bridgehead atoms. The average Bonchev–Trinajstić information content (AvgIpc) is 3.36. The first-order chi connectivity index (χ1) is 14.0. The Labute approximate surface area is 173 Å². The van der Waals surface area contributed by atoms with Gasteiger partial charge in [0.1, 0.15) is 0 Å². The lowest BCUT2D eigenvalue weighted by atomic mass is 9.84. The van der Waals surface area contributed by atoms with Gasteiger partial charge in [0.05, 0.1) is 12.2 Å². The Morgan fingerprint density at radius 3 is 2.55 bits per heavy atom. The van der Waals surface area contributed by atoms with Crippen molar-refractivity contribution in [2.24, 2.45) is 23.7 Å². The van der Waals surface area contributed by atoms with Crippen LogP contribution in [-0.4, -0.2) is 33.5 Å². The third-order valence-corrected chi connectivity index (χ3v) is 7.67. The molecule has 0 aliphatic heterocycles. The van der Waals surface area contributed by atoms with E-state index in [0.717, 1.165) is 51.4 Å². The lowest BCUT2D eigenvalue weighted by Gasteiger charge is -2.24. The van der Waals surface area contributed by atoms with E-state index in [1.807, 2.05) is 0 Å². The van der Waals surface area contributed by atoms with Crippen molar-refractivity contribution in [3.05, 3.63) is 47.0 Å². The van der Waals surface area contributed by atoms with Crippen molar-refractivity contribution in [1.29, 1.82) is 0 Å². The van der Waals surface area contributed by atoms with Gasteiger partial charge in [-0.1, -0.05) is 35.9 Å². The molecule has 0 spiro atoms. The normalized spacial score (nSPS) is 31.2. The van der Waals surface area contributed by atoms with Gasteiger partial charge in [0.15, 0.2) is 0 Å². The molecule has 0 radical (unpaired) electrons. The van der Waals surface area contributed by atoms with E-state index < -0.39 is 5.97 Å². The number of carbonyl (C=O) groups is 1. The van der Waals surface area contributed by atoms with Gasteiger partial charge in [-0.15, -0.1) is 0 Å². The third kappa shape index (κ3) is 4.75. The molecule has 0 aromatic heterocycles. The van der Waals surface area contributed by atoms with E-state index >= 15 is 0 Å². The van der Waals surface area contributed by atoms with Gasteiger partial charge in [-0.2, -0.15) is 0 Å². The van der Waals surface area contributed by atoms with Gasteiger partial charge >= 0.3 is 5.97 Å². The van der Waals surface area contributed by atoms with Crippen LogP contribution >= 0.6 is 0 Å². The molecule has 158 valence electrons. The Kier molecular flexibility index (Phi) is 6.41. The highest BCUT2D eigenvalue weighted by molar-refractivity contribution is 5.66. The summed E-state index contributed by atoms with van der Waals surface area (Å²) in [6.07, 6.45) is 10.1. The summed E-state index contributed by atoms with van der Waals surface area (Å²) in [6.45, 7) is 0. The van der Waals surface area contributed by atoms with Crippen LogP contribution in [0.5, 0.6) is 0 Å². The minimum Gasteiger partial charge on any atom is -0.481 e. The van der Waals surface area contributed by atoms with Crippen molar-refractivity contribution in [3.63, 3.8) is 0 Å². The molecule has 0 heterocycles. The van der Waals surface area contributed by atoms with E-state index in [2.05, 4.69) is 30.3 Å². The minimum atomic E-state index is -0.723. The molecule has 3 N–H and O–H groups in total. The van der Waals surface area contributed by atoms with Crippen LogP contribution < -0.4 is 0 Å². The Hall–Kier alpha value is -1.65. The summed E-state index contributed by atoms with van der Waals surface area (Å²) in [5.74, 6) is 0.981. The number of hydrogen-bond donors (Lipinski definition) is 3. The number of unbranched alkanes of at least 4 members (excludes halogenated alkanes) is 1. The van der Waals surface area contributed by atoms with Crippen molar-refractivity contribution >= 4 is 5.97 Å². The highest BCUT2D eigenvalue weighted by Gasteiger charge is 2.46. The van der Waals surface area contributed by atoms with E-state index in [-0.39, 0.29) is 18.6 Å². The van der Waals surface area contributed by atoms with E-state index in [4.69, 9.17) is 5.11 Å². The van der Waals surface area contributed by atoms with Gasteiger partial charge in [0.2, 0.25) is 0 Å². The Morgan fingerprint density at radius 1 is 1.14 bits per heavy atom. The minimum absolute atomic E-state index is 0.230. The molecular formula is C25H34O4. The number of allylic oxidation sites excluding steroid dienone is 2. The number of benzene rings is 1. The fourth-order valence-corrected chi connectivity index (χ4v) is 6.17. The molecule has 2 saturated carbocycles. The van der Waals surface area contributed by atoms with Crippen LogP contribution in [0.3, 0.4) is 0 Å². The van der Waals surface area contributed by atoms with Gasteiger partial charge < -0.3 is 15.3 Å². The van der Waals surface area contributed by atoms with E-state index in [0.29, 0.717) is 30.1 Å². The highest BCUT2D eigenvalue weighted by atomic mass is 16.4. The maximum atomic E-state index is 10.8. The average molecular weight is 399 g/mol. The number of fused-ring (bicyclic) bond motifs is 2. The molecule has 4 nitrogen and oxygen atoms in total. The second-order valence-electron chi connectivity index (χ2n) is 9.53. The Balaban J connectivity index is 1.27. The van der Waals surface area contributed by atoms with Crippen LogP contribution in [0, 0.1) is 23.7 Å². The molecule has 4 heteroatoms. The molecule has 2 fully saturated rings. The van der Waals surface area contributed by atoms with Crippen LogP contribution in [0.1, 0.15) is 62.5 Å². The maximum Gasteiger partial charge on any atom is 0.303 e. The molecule has 2 unspecified atom stereocenters. The summed E-state index contributed by atoms with van der Waals surface area (Å²) in [5.41, 5.74) is 4.21. The SMILES string of the molecule is O=C(O)CCC/C=C1\CC2C[C@@H](O)[C@H](CC[C@@H](O)C3Cc4ccccc4C3)C2C1. The summed E-state index contributed by atoms with van der Waals surface area (Å²) in [4.78, 5) is 10.7. The van der Waals surface area contributed by atoms with E-state index in [9.17, 15) is 15.0 Å². The molecule has 3 aliphatic carbocycles. The first-order valence-corrected chi connectivity index (χ1v) is 11.3. The van der Waals surface area contributed by atoms with Crippen LogP contribution in [0.2, 0.25) is 0 Å². The highest BCUT2D eigenvalue weighted by Crippen LogP contribution is 2.51. The number of aliphatic carboxylic acids is 1. The summed E-state index contributed by atoms with van der Waals surface area (Å²) in [7, 11) is 0. The van der Waals surface area contributed by atoms with Gasteiger partial charge in [-0.05, 0) is 92.6 Å². The quantitative estimate of drug-likeness (QED) is 0.454. The van der Waals surface area contributed by atoms with Crippen LogP contribution in [0.4, 0.5) is 0 Å². The van der Waals surface area contributed by atoms with Gasteiger partial charge in [-0.3, -0.25) is 4.79 Å². The summed E-state index contributed by atoms with van der Waals surface area (Å²) in [6, 6.07) is 8.51. The number of hydrogen-bond acceptors (Lipinski definition) is 3. The predicted molar refractivity (Wildman–Crippen MR) is 112 cm³/mol. The van der Waals surface area contributed by atoms with Crippen LogP contribution in [0.25, 0.3) is 0 Å². The topological polar surface area (TPSA) is 77.8 Å². The van der Waals surface area contributed by atoms with Crippen molar-refractivity contribution in [2.45, 2.75) is 76.4 Å². The second kappa shape index (κ2) is 9.01. The molecule has 3 aliphatic rings. The zero-order chi connectivity index (χ0) is 20.4. The number of aliphatic hydroxyl groups excluding tert-OH is 2. The second-order valence-corrected chi connectivity index (χ2v) is 9.53. The van der Waals surface area contributed by atoms with Gasteiger partial charge in [-0.25, -0.2) is 0 Å². The molecule has 5 atom stereocenters. The van der Waals surface area contributed by atoms with E-state index in [1.54, 1.807) is 0 Å². The van der Waals surface area contributed by atoms with Crippen molar-refractivity contribution in [2.75, 3.05) is 0 Å². The van der Waals surface area contributed by atoms with Crippen LogP contribution in [0.15, 0.2) is 35.9 Å². The molecule has 0 amide bonds. The molecular weight excluding hydrogens is 364 g/mol. The lowest BCUT2D eigenvalue weighted by molar-refractivity contribution is -0.137. The summed E-state index contributed by atoms with van der Waals surface area (Å²) < 4.78 is 0. The predicted octanol–water partition coefficient (Wildman–Crippen LogP) is 4.13. The van der Waals surface area contributed by atoms with E-state index in [1.165, 1.54) is 16.7 Å². The Bertz CT molecular complexity index is 730. The van der Waals surface area contributed by atoms with Crippen molar-refractivity contribution in [3.8, 4) is 0 Å². The number of aliphatic hydroxyl groups is 2. The fraction of sp³-hybridized carbons (Fsp3) is 0.640. The summed E-state index contributed by atoms with van der Waals surface area (Å²) in [5, 5.41) is 30.2. The zero-order valence-corrected chi connectivity index (χ0v) is 17.2. The molecule has 1 aromatic rings. The lowest BCUT2D eigenvalue weighted by Crippen LogP contribution is -2.25. The van der Waals surface area contributed by atoms with Crippen LogP contribution in [-0.2, 0) is 17.6 Å². The molecule has 4 rings (SSSR count). The maximum absolute atomic E-state index is 10.8. The monoisotopic (exact) mass is 398 g/mol.